The molecule has 0 aliphatic carbocycles. The van der Waals surface area contributed by atoms with Crippen molar-refractivity contribution in [2.45, 2.75) is 0 Å². The van der Waals surface area contributed by atoms with Crippen LogP contribution in [0.5, 0.6) is 0 Å². The Morgan fingerprint density at radius 2 is 2.38 bits per heavy atom. The van der Waals surface area contributed by atoms with Gasteiger partial charge in [0.15, 0.2) is 0 Å². The Bertz CT molecular complexity index is 44.5. The van der Waals surface area contributed by atoms with Crippen molar-refractivity contribution in [1.29, 1.82) is 0 Å². The number of hydrogen-bond acceptors (Lipinski definition) is 5. The second-order valence-corrected chi connectivity index (χ2v) is 1.28. The number of aliphatic hydroxyl groups excluding tert-OH is 1. The highest BCUT2D eigenvalue weighted by atomic mass is 16.3. The molecule has 0 aromatic heterocycles. The molecule has 5 heteroatoms. The Kier molecular flexibility index (Phi) is 4.82. The quantitative estimate of drug-likeness (QED) is 0.250. The fourth-order valence-electron chi connectivity index (χ4n) is 0.307. The minimum atomic E-state index is 0.0468. The maximum Gasteiger partial charge on any atom is 0.0587 e. The van der Waals surface area contributed by atoms with Crippen molar-refractivity contribution >= 4 is 0 Å². The maximum atomic E-state index is 8.27. The van der Waals surface area contributed by atoms with E-state index in [-0.39, 0.29) is 6.61 Å². The van der Waals surface area contributed by atoms with Crippen LogP contribution in [0, 0.1) is 0 Å². The fourth-order valence-corrected chi connectivity index (χ4v) is 0.307. The lowest BCUT2D eigenvalue weighted by atomic mass is 10.7. The molecule has 0 bridgehead atoms. The standard InChI is InChI=1S/C3H12N4O/c1-5-6-7(4)2-3-8/h5-6,8H,2-4H2,1H3. The topological polar surface area (TPSA) is 73.5 Å². The Morgan fingerprint density at radius 1 is 1.75 bits per heavy atom. The molecule has 50 valence electrons. The number of nitrogens with two attached hydrogens (primary N) is 1. The summed E-state index contributed by atoms with van der Waals surface area (Å²) in [5.74, 6) is 5.19. The number of nitrogens with one attached hydrogen (secondary N) is 2. The van der Waals surface area contributed by atoms with Gasteiger partial charge in [0, 0.05) is 0 Å². The molecule has 0 heterocycles. The summed E-state index contributed by atoms with van der Waals surface area (Å²) < 4.78 is 0. The first-order valence-corrected chi connectivity index (χ1v) is 2.36. The summed E-state index contributed by atoms with van der Waals surface area (Å²) in [4.78, 5) is 0. The zero-order valence-electron chi connectivity index (χ0n) is 4.89. The molecule has 0 radical (unpaired) electrons. The van der Waals surface area contributed by atoms with Crippen LogP contribution < -0.4 is 16.8 Å². The molecule has 0 saturated carbocycles. The summed E-state index contributed by atoms with van der Waals surface area (Å²) in [6, 6.07) is 0. The van der Waals surface area contributed by atoms with Crippen molar-refractivity contribution in [3.8, 4) is 0 Å². The molecule has 0 atom stereocenters. The van der Waals surface area contributed by atoms with Crippen LogP contribution in [0.25, 0.3) is 0 Å². The lowest BCUT2D eigenvalue weighted by Gasteiger charge is -2.13. The zero-order chi connectivity index (χ0) is 6.41. The molecule has 0 rings (SSSR count). The van der Waals surface area contributed by atoms with E-state index in [1.807, 2.05) is 0 Å². The molecule has 0 aromatic rings. The van der Waals surface area contributed by atoms with Gasteiger partial charge in [0.05, 0.1) is 13.2 Å². The van der Waals surface area contributed by atoms with Gasteiger partial charge in [-0.1, -0.05) is 0 Å². The van der Waals surface area contributed by atoms with Crippen molar-refractivity contribution in [2.24, 2.45) is 5.84 Å². The van der Waals surface area contributed by atoms with E-state index in [1.54, 1.807) is 7.05 Å². The van der Waals surface area contributed by atoms with Gasteiger partial charge in [-0.15, -0.1) is 0 Å². The second-order valence-electron chi connectivity index (χ2n) is 1.28. The van der Waals surface area contributed by atoms with Gasteiger partial charge in [-0.2, -0.15) is 10.7 Å². The largest absolute Gasteiger partial charge is 0.395 e. The summed E-state index contributed by atoms with van der Waals surface area (Å²) in [5, 5.41) is 9.52. The Morgan fingerprint density at radius 3 is 2.75 bits per heavy atom. The van der Waals surface area contributed by atoms with Gasteiger partial charge in [0.2, 0.25) is 0 Å². The van der Waals surface area contributed by atoms with E-state index < -0.39 is 0 Å². The van der Waals surface area contributed by atoms with E-state index in [4.69, 9.17) is 10.9 Å². The van der Waals surface area contributed by atoms with Crippen molar-refractivity contribution in [2.75, 3.05) is 20.2 Å². The van der Waals surface area contributed by atoms with Crippen LogP contribution in [0.3, 0.4) is 0 Å². The van der Waals surface area contributed by atoms with Crippen molar-refractivity contribution in [3.05, 3.63) is 0 Å². The molecule has 0 aliphatic rings. The smallest absolute Gasteiger partial charge is 0.0587 e. The molecule has 0 amide bonds. The highest BCUT2D eigenvalue weighted by Crippen LogP contribution is 1.61. The first-order valence-electron chi connectivity index (χ1n) is 2.36. The van der Waals surface area contributed by atoms with Crippen LogP contribution in [-0.2, 0) is 0 Å². The Labute approximate surface area is 48.4 Å². The van der Waals surface area contributed by atoms with Gasteiger partial charge >= 0.3 is 0 Å². The van der Waals surface area contributed by atoms with Crippen LogP contribution in [-0.4, -0.2) is 30.4 Å². The molecule has 0 unspecified atom stereocenters. The minimum Gasteiger partial charge on any atom is -0.395 e. The molecule has 0 aliphatic heterocycles. The molecule has 0 fully saturated rings. The van der Waals surface area contributed by atoms with Gasteiger partial charge in [-0.05, 0) is 7.05 Å². The second kappa shape index (κ2) is 4.95. The summed E-state index contributed by atoms with van der Waals surface area (Å²) in [6.45, 7) is 0.450. The number of hydrazine groups is 3. The predicted octanol–water partition coefficient (Wildman–Crippen LogP) is -2.21. The predicted molar refractivity (Wildman–Crippen MR) is 30.2 cm³/mol. The van der Waals surface area contributed by atoms with Gasteiger partial charge < -0.3 is 5.11 Å². The normalized spacial score (nSPS) is 10.5. The van der Waals surface area contributed by atoms with E-state index in [2.05, 4.69) is 11.0 Å². The lowest BCUT2D eigenvalue weighted by molar-refractivity contribution is 0.125. The zero-order valence-corrected chi connectivity index (χ0v) is 4.89. The minimum absolute atomic E-state index is 0.0468. The number of rotatable bonds is 4. The van der Waals surface area contributed by atoms with E-state index in [9.17, 15) is 0 Å². The molecule has 0 aromatic carbocycles. The average Bonchev–Trinajstić information content (AvgIpc) is 1.68. The first kappa shape index (κ1) is 7.80. The molecule has 0 saturated heterocycles. The highest BCUT2D eigenvalue weighted by Gasteiger charge is 1.89. The monoisotopic (exact) mass is 120 g/mol. The van der Waals surface area contributed by atoms with Gasteiger partial charge in [-0.3, -0.25) is 5.84 Å². The van der Waals surface area contributed by atoms with Crippen LogP contribution in [0.2, 0.25) is 0 Å². The van der Waals surface area contributed by atoms with Gasteiger partial charge in [0.1, 0.15) is 0 Å². The third-order valence-corrected chi connectivity index (χ3v) is 0.596. The van der Waals surface area contributed by atoms with Gasteiger partial charge in [0.25, 0.3) is 0 Å². The third-order valence-electron chi connectivity index (χ3n) is 0.596. The summed E-state index contributed by atoms with van der Waals surface area (Å²) in [6.07, 6.45) is 0. The molecular formula is C3H12N4O. The van der Waals surface area contributed by atoms with Crippen LogP contribution >= 0.6 is 0 Å². The summed E-state index contributed by atoms with van der Waals surface area (Å²) in [7, 11) is 1.69. The molecule has 5 nitrogen and oxygen atoms in total. The van der Waals surface area contributed by atoms with Crippen molar-refractivity contribution in [3.63, 3.8) is 0 Å². The number of nitrogens with zero attached hydrogens (tertiary/aromatic N) is 1. The lowest BCUT2D eigenvalue weighted by Crippen LogP contribution is -2.50. The Hall–Kier alpha value is -0.200. The SMILES string of the molecule is CNNN(N)CCO. The molecular weight excluding hydrogens is 108 g/mol. The maximum absolute atomic E-state index is 8.27. The average molecular weight is 120 g/mol. The van der Waals surface area contributed by atoms with Crippen LogP contribution in [0.15, 0.2) is 0 Å². The van der Waals surface area contributed by atoms with E-state index in [0.717, 1.165) is 0 Å². The van der Waals surface area contributed by atoms with Crippen molar-refractivity contribution < 1.29 is 5.11 Å². The number of hydrogen-bond donors (Lipinski definition) is 4. The molecule has 8 heavy (non-hydrogen) atoms. The van der Waals surface area contributed by atoms with E-state index in [1.165, 1.54) is 5.12 Å². The fraction of sp³-hybridized carbons (Fsp3) is 1.00. The van der Waals surface area contributed by atoms with Crippen LogP contribution in [0.1, 0.15) is 0 Å². The Balaban J connectivity index is 2.92. The third kappa shape index (κ3) is 3.97. The molecule has 5 N–H and O–H groups in total. The van der Waals surface area contributed by atoms with E-state index in [0.29, 0.717) is 6.54 Å². The van der Waals surface area contributed by atoms with Crippen LogP contribution in [0.4, 0.5) is 0 Å². The summed E-state index contributed by atoms with van der Waals surface area (Å²) >= 11 is 0. The number of aliphatic hydroxyl groups is 1. The van der Waals surface area contributed by atoms with Crippen molar-refractivity contribution in [1.82, 2.24) is 16.1 Å². The van der Waals surface area contributed by atoms with Gasteiger partial charge in [-0.25, -0.2) is 5.43 Å². The van der Waals surface area contributed by atoms with E-state index >= 15 is 0 Å². The highest BCUT2D eigenvalue weighted by molar-refractivity contribution is 4.31. The molecule has 0 spiro atoms. The first-order chi connectivity index (χ1) is 3.81. The summed E-state index contributed by atoms with van der Waals surface area (Å²) in [5.41, 5.74) is 5.14.